The second-order valence-corrected chi connectivity index (χ2v) is 9.53. The molecule has 1 aliphatic heterocycles. The molecule has 0 bridgehead atoms. The van der Waals surface area contributed by atoms with Crippen molar-refractivity contribution >= 4 is 33.6 Å². The zero-order chi connectivity index (χ0) is 21.9. The second-order valence-electron chi connectivity index (χ2n) is 7.23. The molecule has 1 heterocycles. The monoisotopic (exact) mass is 449 g/mol. The average molecular weight is 450 g/mol. The van der Waals surface area contributed by atoms with Crippen LogP contribution in [-0.4, -0.2) is 60.6 Å². The van der Waals surface area contributed by atoms with Gasteiger partial charge in [-0.15, -0.1) is 0 Å². The van der Waals surface area contributed by atoms with Gasteiger partial charge < -0.3 is 9.80 Å². The molecule has 1 aliphatic rings. The van der Waals surface area contributed by atoms with E-state index < -0.39 is 16.1 Å². The van der Waals surface area contributed by atoms with Gasteiger partial charge in [0, 0.05) is 38.1 Å². The molecule has 3 rings (SSSR count). The Balaban J connectivity index is 1.92. The van der Waals surface area contributed by atoms with Gasteiger partial charge in [-0.1, -0.05) is 41.4 Å². The normalized spacial score (nSPS) is 14.5. The van der Waals surface area contributed by atoms with Crippen LogP contribution in [0.2, 0.25) is 5.02 Å². The van der Waals surface area contributed by atoms with Crippen LogP contribution in [0.1, 0.15) is 18.1 Å². The van der Waals surface area contributed by atoms with Crippen molar-refractivity contribution in [2.75, 3.05) is 26.2 Å². The number of rotatable bonds is 4. The number of urea groups is 1. The van der Waals surface area contributed by atoms with E-state index in [1.807, 2.05) is 6.92 Å². The van der Waals surface area contributed by atoms with Gasteiger partial charge in [0.1, 0.15) is 0 Å². The van der Waals surface area contributed by atoms with Crippen LogP contribution in [0.15, 0.2) is 53.4 Å². The van der Waals surface area contributed by atoms with E-state index in [-0.39, 0.29) is 30.4 Å². The summed E-state index contributed by atoms with van der Waals surface area (Å²) in [7, 11) is -4.09. The number of carbonyl (C=O) groups excluding carboxylic acids is 2. The molecule has 0 saturated carbocycles. The molecule has 0 aliphatic carbocycles. The third-order valence-corrected chi connectivity index (χ3v) is 7.00. The number of halogens is 1. The van der Waals surface area contributed by atoms with Crippen LogP contribution in [0.3, 0.4) is 0 Å². The largest absolute Gasteiger partial charge is 0.339 e. The number of aryl methyl sites for hydroxylation is 1. The first-order valence-electron chi connectivity index (χ1n) is 9.57. The van der Waals surface area contributed by atoms with Crippen molar-refractivity contribution in [1.82, 2.24) is 14.1 Å². The van der Waals surface area contributed by atoms with Crippen molar-refractivity contribution in [3.63, 3.8) is 0 Å². The van der Waals surface area contributed by atoms with E-state index in [0.29, 0.717) is 23.7 Å². The molecule has 3 amide bonds. The number of carbonyl (C=O) groups is 2. The van der Waals surface area contributed by atoms with Gasteiger partial charge >= 0.3 is 6.03 Å². The number of sulfonamides is 1. The van der Waals surface area contributed by atoms with Gasteiger partial charge in [-0.3, -0.25) is 4.79 Å². The number of hydrogen-bond donors (Lipinski definition) is 0. The minimum Gasteiger partial charge on any atom is -0.339 e. The quantitative estimate of drug-likeness (QED) is 0.718. The zero-order valence-corrected chi connectivity index (χ0v) is 18.5. The van der Waals surface area contributed by atoms with Crippen LogP contribution in [0.5, 0.6) is 0 Å². The lowest BCUT2D eigenvalue weighted by Gasteiger charge is -2.36. The Morgan fingerprint density at radius 2 is 1.60 bits per heavy atom. The highest BCUT2D eigenvalue weighted by molar-refractivity contribution is 7.89. The van der Waals surface area contributed by atoms with E-state index in [0.717, 1.165) is 9.87 Å². The third kappa shape index (κ3) is 4.94. The molecule has 0 radical (unpaired) electrons. The van der Waals surface area contributed by atoms with Crippen LogP contribution in [-0.2, 0) is 21.4 Å². The second kappa shape index (κ2) is 9.06. The van der Waals surface area contributed by atoms with Gasteiger partial charge in [0.15, 0.2) is 0 Å². The first-order chi connectivity index (χ1) is 14.2. The van der Waals surface area contributed by atoms with Crippen molar-refractivity contribution in [3.8, 4) is 0 Å². The van der Waals surface area contributed by atoms with E-state index in [1.54, 1.807) is 41.3 Å². The fourth-order valence-corrected chi connectivity index (χ4v) is 4.85. The topological polar surface area (TPSA) is 78.0 Å². The molecule has 1 saturated heterocycles. The molecular formula is C21H24ClN3O4S. The molecule has 0 N–H and O–H groups in total. The molecule has 1 fully saturated rings. The van der Waals surface area contributed by atoms with Crippen LogP contribution >= 0.6 is 11.6 Å². The maximum atomic E-state index is 13.4. The Morgan fingerprint density at radius 3 is 2.17 bits per heavy atom. The Bertz CT molecular complexity index is 1030. The fraction of sp³-hybridized carbons (Fsp3) is 0.333. The maximum absolute atomic E-state index is 13.4. The van der Waals surface area contributed by atoms with Gasteiger partial charge in [0.05, 0.1) is 11.4 Å². The van der Waals surface area contributed by atoms with Crippen molar-refractivity contribution in [1.29, 1.82) is 0 Å². The number of piperazine rings is 1. The van der Waals surface area contributed by atoms with Crippen molar-refractivity contribution < 1.29 is 18.0 Å². The summed E-state index contributed by atoms with van der Waals surface area (Å²) >= 11 is 6.05. The molecule has 0 unspecified atom stereocenters. The summed E-state index contributed by atoms with van der Waals surface area (Å²) in [6.07, 6.45) is 0. The molecule has 0 aromatic heterocycles. The lowest BCUT2D eigenvalue weighted by atomic mass is 10.2. The van der Waals surface area contributed by atoms with E-state index in [1.165, 1.54) is 24.0 Å². The Labute approximate surface area is 181 Å². The van der Waals surface area contributed by atoms with Crippen LogP contribution in [0.4, 0.5) is 4.79 Å². The average Bonchev–Trinajstić information content (AvgIpc) is 2.72. The highest BCUT2D eigenvalue weighted by Gasteiger charge is 2.34. The zero-order valence-electron chi connectivity index (χ0n) is 16.9. The first-order valence-corrected chi connectivity index (χ1v) is 11.4. The van der Waals surface area contributed by atoms with Crippen molar-refractivity contribution in [3.05, 3.63) is 64.7 Å². The van der Waals surface area contributed by atoms with Gasteiger partial charge in [0.2, 0.25) is 5.91 Å². The summed E-state index contributed by atoms with van der Waals surface area (Å²) in [5, 5.41) is 0.461. The summed E-state index contributed by atoms with van der Waals surface area (Å²) in [5.41, 5.74) is 1.52. The molecular weight excluding hydrogens is 426 g/mol. The molecule has 9 heteroatoms. The van der Waals surface area contributed by atoms with E-state index in [2.05, 4.69) is 0 Å². The highest BCUT2D eigenvalue weighted by Crippen LogP contribution is 2.23. The predicted molar refractivity (Wildman–Crippen MR) is 115 cm³/mol. The van der Waals surface area contributed by atoms with Crippen LogP contribution in [0, 0.1) is 6.92 Å². The standard InChI is InChI=1S/C21H24ClN3O4S/c1-16-6-8-20(9-7-16)30(28,29)25(15-18-4-3-5-19(22)14-18)21(27)24-12-10-23(11-13-24)17(2)26/h3-9,14H,10-13,15H2,1-2H3. The molecule has 0 atom stereocenters. The van der Waals surface area contributed by atoms with Crippen LogP contribution in [0.25, 0.3) is 0 Å². The summed E-state index contributed by atoms with van der Waals surface area (Å²) < 4.78 is 27.6. The van der Waals surface area contributed by atoms with Gasteiger partial charge in [-0.25, -0.2) is 17.5 Å². The maximum Gasteiger partial charge on any atom is 0.334 e. The van der Waals surface area contributed by atoms with Gasteiger partial charge in [-0.2, -0.15) is 0 Å². The summed E-state index contributed by atoms with van der Waals surface area (Å²) in [5.74, 6) is -0.0647. The van der Waals surface area contributed by atoms with Crippen molar-refractivity contribution in [2.45, 2.75) is 25.3 Å². The number of benzene rings is 2. The minimum atomic E-state index is -4.09. The molecule has 7 nitrogen and oxygen atoms in total. The summed E-state index contributed by atoms with van der Waals surface area (Å²) in [4.78, 5) is 28.0. The summed E-state index contributed by atoms with van der Waals surface area (Å²) in [6.45, 7) is 4.49. The minimum absolute atomic E-state index is 0.0471. The Kier molecular flexibility index (Phi) is 6.67. The Hall–Kier alpha value is -2.58. The molecule has 30 heavy (non-hydrogen) atoms. The van der Waals surface area contributed by atoms with Gasteiger partial charge in [-0.05, 0) is 36.8 Å². The third-order valence-electron chi connectivity index (χ3n) is 5.03. The predicted octanol–water partition coefficient (Wildman–Crippen LogP) is 3.12. The first kappa shape index (κ1) is 22.1. The van der Waals surface area contributed by atoms with Gasteiger partial charge in [0.25, 0.3) is 10.0 Å². The highest BCUT2D eigenvalue weighted by atomic mass is 35.5. The number of amides is 3. The molecule has 2 aromatic rings. The molecule has 2 aromatic carbocycles. The van der Waals surface area contributed by atoms with E-state index in [4.69, 9.17) is 11.6 Å². The molecule has 0 spiro atoms. The number of nitrogens with zero attached hydrogens (tertiary/aromatic N) is 3. The fourth-order valence-electron chi connectivity index (χ4n) is 3.26. The number of hydrogen-bond acceptors (Lipinski definition) is 4. The molecule has 160 valence electrons. The SMILES string of the molecule is CC(=O)N1CCN(C(=O)N(Cc2cccc(Cl)c2)S(=O)(=O)c2ccc(C)cc2)CC1. The lowest BCUT2D eigenvalue weighted by molar-refractivity contribution is -0.130. The van der Waals surface area contributed by atoms with E-state index >= 15 is 0 Å². The van der Waals surface area contributed by atoms with Crippen molar-refractivity contribution in [2.24, 2.45) is 0 Å². The lowest BCUT2D eigenvalue weighted by Crippen LogP contribution is -2.54. The smallest absolute Gasteiger partial charge is 0.334 e. The van der Waals surface area contributed by atoms with Crippen LogP contribution < -0.4 is 0 Å². The van der Waals surface area contributed by atoms with E-state index in [9.17, 15) is 18.0 Å². The Morgan fingerprint density at radius 1 is 1.00 bits per heavy atom. The summed E-state index contributed by atoms with van der Waals surface area (Å²) in [6, 6.07) is 12.5.